The normalized spacial score (nSPS) is 12.3. The summed E-state index contributed by atoms with van der Waals surface area (Å²) in [4.78, 5) is 2.07. The predicted molar refractivity (Wildman–Crippen MR) is 83.5 cm³/mol. The molecule has 0 saturated carbocycles. The van der Waals surface area contributed by atoms with Crippen LogP contribution < -0.4 is 5.73 Å². The van der Waals surface area contributed by atoms with E-state index in [-0.39, 0.29) is 10.6 Å². The molecule has 1 aromatic carbocycles. The maximum atomic E-state index is 12.7. The van der Waals surface area contributed by atoms with Crippen LogP contribution in [0.4, 0.5) is 5.69 Å². The Morgan fingerprint density at radius 1 is 1.20 bits per heavy atom. The Morgan fingerprint density at radius 3 is 2.35 bits per heavy atom. The van der Waals surface area contributed by atoms with E-state index in [4.69, 9.17) is 17.3 Å². The van der Waals surface area contributed by atoms with Gasteiger partial charge in [-0.15, -0.1) is 0 Å². The second kappa shape index (κ2) is 7.26. The molecule has 0 spiro atoms. The van der Waals surface area contributed by atoms with Gasteiger partial charge in [0, 0.05) is 24.7 Å². The molecule has 20 heavy (non-hydrogen) atoms. The number of rotatable bonds is 7. The van der Waals surface area contributed by atoms with Crippen LogP contribution in [0, 0.1) is 0 Å². The van der Waals surface area contributed by atoms with Crippen molar-refractivity contribution in [2.75, 3.05) is 39.5 Å². The summed E-state index contributed by atoms with van der Waals surface area (Å²) in [6.07, 6.45) is 0.750. The average Bonchev–Trinajstić information content (AvgIpc) is 2.33. The second-order valence-corrected chi connectivity index (χ2v) is 7.23. The molecule has 0 radical (unpaired) electrons. The van der Waals surface area contributed by atoms with E-state index in [1.54, 1.807) is 6.07 Å². The number of sulfonamides is 1. The standard InChI is InChI=1S/C13H22ClN3O2S/c1-4-7-17(9-8-16(2)3)20(18,19)13-6-5-11(14)10-12(13)15/h5-6,10H,4,7-9,15H2,1-3H3. The first-order valence-electron chi connectivity index (χ1n) is 6.49. The number of hydrogen-bond acceptors (Lipinski definition) is 4. The lowest BCUT2D eigenvalue weighted by Crippen LogP contribution is -2.37. The topological polar surface area (TPSA) is 66.6 Å². The summed E-state index contributed by atoms with van der Waals surface area (Å²) in [6.45, 7) is 3.51. The fraction of sp³-hybridized carbons (Fsp3) is 0.538. The lowest BCUT2D eigenvalue weighted by atomic mass is 10.3. The van der Waals surface area contributed by atoms with Crippen LogP contribution in [-0.4, -0.2) is 51.4 Å². The molecule has 1 aromatic rings. The van der Waals surface area contributed by atoms with Gasteiger partial charge in [0.15, 0.2) is 0 Å². The largest absolute Gasteiger partial charge is 0.398 e. The summed E-state index contributed by atoms with van der Waals surface area (Å²) < 4.78 is 26.8. The monoisotopic (exact) mass is 319 g/mol. The van der Waals surface area contributed by atoms with E-state index in [0.29, 0.717) is 24.7 Å². The lowest BCUT2D eigenvalue weighted by molar-refractivity contribution is 0.333. The van der Waals surface area contributed by atoms with E-state index < -0.39 is 10.0 Å². The number of nitrogen functional groups attached to an aromatic ring is 1. The maximum absolute atomic E-state index is 12.7. The zero-order valence-corrected chi connectivity index (χ0v) is 13.7. The van der Waals surface area contributed by atoms with Crippen molar-refractivity contribution in [1.29, 1.82) is 0 Å². The van der Waals surface area contributed by atoms with Gasteiger partial charge in [0.25, 0.3) is 0 Å². The first-order chi connectivity index (χ1) is 9.28. The number of benzene rings is 1. The number of hydrogen-bond donors (Lipinski definition) is 1. The van der Waals surface area contributed by atoms with E-state index in [1.807, 2.05) is 25.9 Å². The number of halogens is 1. The van der Waals surface area contributed by atoms with Crippen LogP contribution in [0.1, 0.15) is 13.3 Å². The van der Waals surface area contributed by atoms with E-state index in [1.165, 1.54) is 16.4 Å². The first kappa shape index (κ1) is 17.2. The third-order valence-corrected chi connectivity index (χ3v) is 5.07. The van der Waals surface area contributed by atoms with Gasteiger partial charge < -0.3 is 10.6 Å². The van der Waals surface area contributed by atoms with Crippen LogP contribution in [0.3, 0.4) is 0 Å². The minimum absolute atomic E-state index is 0.120. The first-order valence-corrected chi connectivity index (χ1v) is 8.30. The molecule has 0 amide bonds. The number of nitrogens with zero attached hydrogens (tertiary/aromatic N) is 2. The van der Waals surface area contributed by atoms with Gasteiger partial charge >= 0.3 is 0 Å². The summed E-state index contributed by atoms with van der Waals surface area (Å²) in [7, 11) is 0.237. The van der Waals surface area contributed by atoms with Crippen molar-refractivity contribution in [3.8, 4) is 0 Å². The summed E-state index contributed by atoms with van der Waals surface area (Å²) in [6, 6.07) is 4.47. The highest BCUT2D eigenvalue weighted by Gasteiger charge is 2.25. The second-order valence-electron chi connectivity index (χ2n) is 4.89. The van der Waals surface area contributed by atoms with Gasteiger partial charge in [0.05, 0.1) is 5.69 Å². The number of likely N-dealkylation sites (N-methyl/N-ethyl adjacent to an activating group) is 1. The third kappa shape index (κ3) is 4.34. The summed E-state index contributed by atoms with van der Waals surface area (Å²) >= 11 is 5.82. The van der Waals surface area contributed by atoms with Crippen molar-refractivity contribution in [3.05, 3.63) is 23.2 Å². The molecule has 0 aromatic heterocycles. The maximum Gasteiger partial charge on any atom is 0.245 e. The van der Waals surface area contributed by atoms with Gasteiger partial charge in [-0.25, -0.2) is 8.42 Å². The highest BCUT2D eigenvalue weighted by molar-refractivity contribution is 7.89. The smallest absolute Gasteiger partial charge is 0.245 e. The Hall–Kier alpha value is -0.820. The molecule has 5 nitrogen and oxygen atoms in total. The van der Waals surface area contributed by atoms with Crippen molar-refractivity contribution >= 4 is 27.3 Å². The number of anilines is 1. The lowest BCUT2D eigenvalue weighted by Gasteiger charge is -2.24. The predicted octanol–water partition coefficient (Wildman–Crippen LogP) is 1.88. The molecule has 0 bridgehead atoms. The van der Waals surface area contributed by atoms with E-state index in [9.17, 15) is 8.42 Å². The Morgan fingerprint density at radius 2 is 1.85 bits per heavy atom. The van der Waals surface area contributed by atoms with Crippen molar-refractivity contribution < 1.29 is 8.42 Å². The molecule has 2 N–H and O–H groups in total. The molecule has 0 aliphatic heterocycles. The Balaban J connectivity index is 3.08. The molecule has 7 heteroatoms. The highest BCUT2D eigenvalue weighted by Crippen LogP contribution is 2.25. The minimum Gasteiger partial charge on any atom is -0.398 e. The van der Waals surface area contributed by atoms with Gasteiger partial charge in [-0.3, -0.25) is 0 Å². The van der Waals surface area contributed by atoms with Crippen LogP contribution in [0.15, 0.2) is 23.1 Å². The molecule has 0 aliphatic rings. The summed E-state index contributed by atoms with van der Waals surface area (Å²) in [5.74, 6) is 0. The van der Waals surface area contributed by atoms with Crippen LogP contribution in [-0.2, 0) is 10.0 Å². The molecule has 0 aliphatic carbocycles. The van der Waals surface area contributed by atoms with Crippen LogP contribution in [0.5, 0.6) is 0 Å². The SMILES string of the molecule is CCCN(CCN(C)C)S(=O)(=O)c1ccc(Cl)cc1N. The van der Waals surface area contributed by atoms with Crippen LogP contribution >= 0.6 is 11.6 Å². The van der Waals surface area contributed by atoms with Gasteiger partial charge in [-0.2, -0.15) is 4.31 Å². The van der Waals surface area contributed by atoms with Gasteiger partial charge in [0.1, 0.15) is 4.90 Å². The third-order valence-electron chi connectivity index (χ3n) is 2.86. The van der Waals surface area contributed by atoms with Crippen molar-refractivity contribution in [2.45, 2.75) is 18.2 Å². The van der Waals surface area contributed by atoms with Gasteiger partial charge in [-0.1, -0.05) is 18.5 Å². The molecule has 1 rings (SSSR count). The molecular weight excluding hydrogens is 298 g/mol. The summed E-state index contributed by atoms with van der Waals surface area (Å²) in [5.41, 5.74) is 5.98. The molecule has 0 unspecified atom stereocenters. The summed E-state index contributed by atoms with van der Waals surface area (Å²) in [5, 5.41) is 0.428. The minimum atomic E-state index is -3.58. The Kier molecular flexibility index (Phi) is 6.26. The van der Waals surface area contributed by atoms with Crippen molar-refractivity contribution in [3.63, 3.8) is 0 Å². The molecule has 114 valence electrons. The van der Waals surface area contributed by atoms with E-state index in [0.717, 1.165) is 6.42 Å². The van der Waals surface area contributed by atoms with Crippen molar-refractivity contribution in [1.82, 2.24) is 9.21 Å². The van der Waals surface area contributed by atoms with E-state index >= 15 is 0 Å². The van der Waals surface area contributed by atoms with Crippen LogP contribution in [0.2, 0.25) is 5.02 Å². The molecule has 0 fully saturated rings. The van der Waals surface area contributed by atoms with Gasteiger partial charge in [0.2, 0.25) is 10.0 Å². The molecular formula is C13H22ClN3O2S. The molecule has 0 heterocycles. The zero-order valence-electron chi connectivity index (χ0n) is 12.1. The highest BCUT2D eigenvalue weighted by atomic mass is 35.5. The molecule has 0 atom stereocenters. The molecule has 0 saturated heterocycles. The average molecular weight is 320 g/mol. The van der Waals surface area contributed by atoms with Gasteiger partial charge in [-0.05, 0) is 38.7 Å². The number of nitrogens with two attached hydrogens (primary N) is 1. The zero-order chi connectivity index (χ0) is 15.3. The fourth-order valence-corrected chi connectivity index (χ4v) is 3.61. The quantitative estimate of drug-likeness (QED) is 0.779. The fourth-order valence-electron chi connectivity index (χ4n) is 1.81. The van der Waals surface area contributed by atoms with E-state index in [2.05, 4.69) is 0 Å². The van der Waals surface area contributed by atoms with Crippen molar-refractivity contribution in [2.24, 2.45) is 0 Å². The Bertz CT molecular complexity index is 547. The Labute approximate surface area is 126 Å². The van der Waals surface area contributed by atoms with Crippen LogP contribution in [0.25, 0.3) is 0 Å².